The standard InChI is InChI=1S/C22H27N3O4S/c1-15(2)13-21(27)24-11-9-17(10-12-24)23-20(26)14-25-18-7-3-5-16-6-4-8-19(22(16)18)30(25,28)29/h3-8,15,17H,9-14H2,1-2H3,(H,23,26). The van der Waals surface area contributed by atoms with E-state index >= 15 is 0 Å². The Labute approximate surface area is 177 Å². The molecule has 0 unspecified atom stereocenters. The Morgan fingerprint density at radius 2 is 1.77 bits per heavy atom. The van der Waals surface area contributed by atoms with Crippen LogP contribution in [0.15, 0.2) is 41.3 Å². The van der Waals surface area contributed by atoms with Gasteiger partial charge in [-0.25, -0.2) is 8.42 Å². The maximum Gasteiger partial charge on any atom is 0.265 e. The molecule has 2 aromatic carbocycles. The van der Waals surface area contributed by atoms with Crippen LogP contribution in [-0.2, 0) is 19.6 Å². The van der Waals surface area contributed by atoms with Crippen molar-refractivity contribution in [3.8, 4) is 0 Å². The molecule has 1 N–H and O–H groups in total. The first-order valence-electron chi connectivity index (χ1n) is 10.4. The van der Waals surface area contributed by atoms with Gasteiger partial charge in [-0.2, -0.15) is 0 Å². The zero-order valence-corrected chi connectivity index (χ0v) is 18.1. The van der Waals surface area contributed by atoms with E-state index < -0.39 is 10.0 Å². The van der Waals surface area contributed by atoms with Gasteiger partial charge >= 0.3 is 0 Å². The quantitative estimate of drug-likeness (QED) is 0.791. The minimum atomic E-state index is -3.75. The van der Waals surface area contributed by atoms with Gasteiger partial charge in [-0.15, -0.1) is 0 Å². The molecular weight excluding hydrogens is 402 g/mol. The molecule has 2 aliphatic rings. The highest BCUT2D eigenvalue weighted by atomic mass is 32.2. The summed E-state index contributed by atoms with van der Waals surface area (Å²) in [5.74, 6) is 0.157. The number of benzene rings is 2. The fourth-order valence-corrected chi connectivity index (χ4v) is 5.95. The summed E-state index contributed by atoms with van der Waals surface area (Å²) in [7, 11) is -3.75. The average Bonchev–Trinajstić information content (AvgIpc) is 2.91. The number of likely N-dealkylation sites (tertiary alicyclic amines) is 1. The van der Waals surface area contributed by atoms with Gasteiger partial charge in [0.1, 0.15) is 6.54 Å². The third-order valence-corrected chi connectivity index (χ3v) is 7.57. The van der Waals surface area contributed by atoms with Crippen molar-refractivity contribution in [1.29, 1.82) is 0 Å². The summed E-state index contributed by atoms with van der Waals surface area (Å²) in [4.78, 5) is 27.0. The Kier molecular flexibility index (Phi) is 5.44. The SMILES string of the molecule is CC(C)CC(=O)N1CCC(NC(=O)CN2c3cccc4cccc(c34)S2(=O)=O)CC1. The van der Waals surface area contributed by atoms with E-state index in [1.165, 1.54) is 4.31 Å². The number of anilines is 1. The van der Waals surface area contributed by atoms with Crippen LogP contribution in [-0.4, -0.2) is 50.8 Å². The summed E-state index contributed by atoms with van der Waals surface area (Å²) in [6.07, 6.45) is 1.90. The summed E-state index contributed by atoms with van der Waals surface area (Å²) >= 11 is 0. The van der Waals surface area contributed by atoms with Gasteiger partial charge in [-0.05, 0) is 36.3 Å². The van der Waals surface area contributed by atoms with Gasteiger partial charge in [0.2, 0.25) is 11.8 Å². The molecule has 0 aromatic heterocycles. The average molecular weight is 430 g/mol. The molecule has 0 aliphatic carbocycles. The largest absolute Gasteiger partial charge is 0.352 e. The van der Waals surface area contributed by atoms with Crippen LogP contribution in [0.5, 0.6) is 0 Å². The number of amides is 2. The van der Waals surface area contributed by atoms with Crippen LogP contribution in [0.2, 0.25) is 0 Å². The van der Waals surface area contributed by atoms with E-state index in [0.717, 1.165) is 5.39 Å². The van der Waals surface area contributed by atoms with Crippen molar-refractivity contribution in [3.63, 3.8) is 0 Å². The minimum Gasteiger partial charge on any atom is -0.352 e. The summed E-state index contributed by atoms with van der Waals surface area (Å²) in [5, 5.41) is 4.47. The predicted molar refractivity (Wildman–Crippen MR) is 116 cm³/mol. The third-order valence-electron chi connectivity index (χ3n) is 5.76. The Bertz CT molecular complexity index is 1080. The smallest absolute Gasteiger partial charge is 0.265 e. The van der Waals surface area contributed by atoms with Crippen LogP contribution in [0.4, 0.5) is 5.69 Å². The van der Waals surface area contributed by atoms with Crippen molar-refractivity contribution in [2.45, 2.75) is 44.0 Å². The summed E-state index contributed by atoms with van der Waals surface area (Å²) in [6.45, 7) is 5.03. The minimum absolute atomic E-state index is 0.0518. The molecule has 0 radical (unpaired) electrons. The molecule has 7 nitrogen and oxygen atoms in total. The van der Waals surface area contributed by atoms with E-state index in [2.05, 4.69) is 5.32 Å². The number of hydrogen-bond donors (Lipinski definition) is 1. The van der Waals surface area contributed by atoms with E-state index in [1.807, 2.05) is 30.9 Å². The van der Waals surface area contributed by atoms with E-state index in [4.69, 9.17) is 0 Å². The maximum absolute atomic E-state index is 13.0. The molecule has 0 spiro atoms. The molecule has 30 heavy (non-hydrogen) atoms. The molecule has 2 amide bonds. The second-order valence-corrected chi connectivity index (χ2v) is 10.3. The first kappa shape index (κ1) is 20.7. The lowest BCUT2D eigenvalue weighted by Crippen LogP contribution is -2.49. The molecule has 1 fully saturated rings. The van der Waals surface area contributed by atoms with Crippen molar-refractivity contribution >= 4 is 38.3 Å². The lowest BCUT2D eigenvalue weighted by molar-refractivity contribution is -0.133. The monoisotopic (exact) mass is 429 g/mol. The molecule has 160 valence electrons. The topological polar surface area (TPSA) is 86.8 Å². The number of hydrogen-bond acceptors (Lipinski definition) is 4. The van der Waals surface area contributed by atoms with Crippen molar-refractivity contribution in [3.05, 3.63) is 36.4 Å². The Balaban J connectivity index is 1.40. The van der Waals surface area contributed by atoms with Gasteiger partial charge in [0.25, 0.3) is 10.0 Å². The molecule has 0 bridgehead atoms. The second kappa shape index (κ2) is 7.91. The first-order valence-corrected chi connectivity index (χ1v) is 11.8. The Morgan fingerprint density at radius 1 is 1.10 bits per heavy atom. The van der Waals surface area contributed by atoms with Gasteiger partial charge in [-0.3, -0.25) is 13.9 Å². The summed E-state index contributed by atoms with van der Waals surface area (Å²) < 4.78 is 27.2. The van der Waals surface area contributed by atoms with Crippen LogP contribution in [0.25, 0.3) is 10.8 Å². The number of piperidine rings is 1. The molecule has 4 rings (SSSR count). The van der Waals surface area contributed by atoms with Crippen LogP contribution in [0.3, 0.4) is 0 Å². The number of rotatable bonds is 5. The highest BCUT2D eigenvalue weighted by Crippen LogP contribution is 2.41. The third kappa shape index (κ3) is 3.76. The molecule has 8 heteroatoms. The van der Waals surface area contributed by atoms with E-state index in [1.54, 1.807) is 24.3 Å². The molecule has 2 aromatic rings. The maximum atomic E-state index is 13.0. The van der Waals surface area contributed by atoms with Crippen LogP contribution >= 0.6 is 0 Å². The number of carbonyl (C=O) groups excluding carboxylic acids is 2. The van der Waals surface area contributed by atoms with Crippen molar-refractivity contribution in [1.82, 2.24) is 10.2 Å². The van der Waals surface area contributed by atoms with Crippen LogP contribution in [0, 0.1) is 5.92 Å². The fourth-order valence-electron chi connectivity index (χ4n) is 4.28. The van der Waals surface area contributed by atoms with E-state index in [0.29, 0.717) is 49.3 Å². The lowest BCUT2D eigenvalue weighted by atomic mass is 10.0. The Hall–Kier alpha value is -2.61. The van der Waals surface area contributed by atoms with Crippen molar-refractivity contribution < 1.29 is 18.0 Å². The van der Waals surface area contributed by atoms with Gasteiger partial charge in [-0.1, -0.05) is 38.1 Å². The van der Waals surface area contributed by atoms with Crippen LogP contribution in [0.1, 0.15) is 33.1 Å². The number of carbonyl (C=O) groups is 2. The molecular formula is C22H27N3O4S. The number of nitrogens with zero attached hydrogens (tertiary/aromatic N) is 2. The van der Waals surface area contributed by atoms with E-state index in [9.17, 15) is 18.0 Å². The first-order chi connectivity index (χ1) is 14.3. The van der Waals surface area contributed by atoms with Crippen molar-refractivity contribution in [2.75, 3.05) is 23.9 Å². The molecule has 1 saturated heterocycles. The second-order valence-electron chi connectivity index (χ2n) is 8.46. The zero-order chi connectivity index (χ0) is 21.5. The number of nitrogens with one attached hydrogen (secondary N) is 1. The Morgan fingerprint density at radius 3 is 2.43 bits per heavy atom. The van der Waals surface area contributed by atoms with E-state index in [-0.39, 0.29) is 29.3 Å². The molecule has 2 aliphatic heterocycles. The number of sulfonamides is 1. The highest BCUT2D eigenvalue weighted by molar-refractivity contribution is 7.93. The summed E-state index contributed by atoms with van der Waals surface area (Å²) in [6, 6.07) is 10.5. The van der Waals surface area contributed by atoms with Gasteiger partial charge in [0.15, 0.2) is 0 Å². The predicted octanol–water partition coefficient (Wildman–Crippen LogP) is 2.50. The molecule has 0 atom stereocenters. The lowest BCUT2D eigenvalue weighted by Gasteiger charge is -2.33. The zero-order valence-electron chi connectivity index (χ0n) is 17.3. The fraction of sp³-hybridized carbons (Fsp3) is 0.455. The van der Waals surface area contributed by atoms with Crippen LogP contribution < -0.4 is 9.62 Å². The highest BCUT2D eigenvalue weighted by Gasteiger charge is 2.37. The molecule has 2 heterocycles. The van der Waals surface area contributed by atoms with Gasteiger partial charge < -0.3 is 10.2 Å². The molecule has 0 saturated carbocycles. The van der Waals surface area contributed by atoms with Gasteiger partial charge in [0, 0.05) is 30.9 Å². The van der Waals surface area contributed by atoms with Crippen molar-refractivity contribution in [2.24, 2.45) is 5.92 Å². The summed E-state index contributed by atoms with van der Waals surface area (Å²) in [5.41, 5.74) is 0.548. The van der Waals surface area contributed by atoms with Gasteiger partial charge in [0.05, 0.1) is 10.6 Å². The normalized spacial score (nSPS) is 18.2.